The lowest BCUT2D eigenvalue weighted by Gasteiger charge is -2.28. The quantitative estimate of drug-likeness (QED) is 0.738. The second-order valence-corrected chi connectivity index (χ2v) is 5.13. The minimum Gasteiger partial charge on any atom is -0.330 e. The van der Waals surface area contributed by atoms with Crippen LogP contribution in [0.4, 0.5) is 4.79 Å². The van der Waals surface area contributed by atoms with Gasteiger partial charge in [-0.2, -0.15) is 0 Å². The minimum absolute atomic E-state index is 0.203. The van der Waals surface area contributed by atoms with Crippen molar-refractivity contribution in [2.45, 2.75) is 33.1 Å². The number of rotatable bonds is 6. The number of nitrogens with two attached hydrogens (primary N) is 1. The monoisotopic (exact) mass is 270 g/mol. The summed E-state index contributed by atoms with van der Waals surface area (Å²) in [7, 11) is 0. The maximum Gasteiger partial charge on any atom is 0.320 e. The first-order valence-electron chi connectivity index (χ1n) is 7.69. The summed E-state index contributed by atoms with van der Waals surface area (Å²) in [5, 5.41) is 0. The van der Waals surface area contributed by atoms with E-state index in [1.54, 1.807) is 0 Å². The van der Waals surface area contributed by atoms with E-state index in [2.05, 4.69) is 4.90 Å². The van der Waals surface area contributed by atoms with E-state index in [1.807, 2.05) is 23.6 Å². The number of carbonyl (C=O) groups excluding carboxylic acids is 1. The van der Waals surface area contributed by atoms with Gasteiger partial charge >= 0.3 is 6.03 Å². The molecule has 0 spiro atoms. The summed E-state index contributed by atoms with van der Waals surface area (Å²) in [4.78, 5) is 18.7. The summed E-state index contributed by atoms with van der Waals surface area (Å²) in [6.45, 7) is 11.4. The van der Waals surface area contributed by atoms with Gasteiger partial charge in [-0.15, -0.1) is 0 Å². The molecule has 1 aliphatic heterocycles. The Bertz CT molecular complexity index is 256. The molecule has 1 rings (SSSR count). The van der Waals surface area contributed by atoms with E-state index in [0.717, 1.165) is 65.2 Å². The van der Waals surface area contributed by atoms with Crippen molar-refractivity contribution in [3.05, 3.63) is 0 Å². The van der Waals surface area contributed by atoms with Crippen LogP contribution in [0, 0.1) is 0 Å². The van der Waals surface area contributed by atoms with Crippen LogP contribution in [0.25, 0.3) is 0 Å². The fourth-order valence-corrected chi connectivity index (χ4v) is 2.56. The largest absolute Gasteiger partial charge is 0.330 e. The van der Waals surface area contributed by atoms with E-state index in [0.29, 0.717) is 0 Å². The molecule has 2 N–H and O–H groups in total. The molecule has 112 valence electrons. The number of carbonyl (C=O) groups is 1. The van der Waals surface area contributed by atoms with Crippen molar-refractivity contribution < 1.29 is 4.79 Å². The first kappa shape index (κ1) is 16.2. The van der Waals surface area contributed by atoms with Gasteiger partial charge in [0.2, 0.25) is 0 Å². The average Bonchev–Trinajstić information content (AvgIpc) is 2.66. The molecule has 0 saturated carbocycles. The second kappa shape index (κ2) is 9.15. The zero-order chi connectivity index (χ0) is 14.1. The molecule has 0 unspecified atom stereocenters. The third-order valence-corrected chi connectivity index (χ3v) is 3.82. The highest BCUT2D eigenvalue weighted by molar-refractivity contribution is 5.74. The zero-order valence-corrected chi connectivity index (χ0v) is 12.6. The molecule has 2 amide bonds. The van der Waals surface area contributed by atoms with Crippen LogP contribution in [0.5, 0.6) is 0 Å². The van der Waals surface area contributed by atoms with Crippen molar-refractivity contribution in [3.63, 3.8) is 0 Å². The van der Waals surface area contributed by atoms with Crippen molar-refractivity contribution in [2.24, 2.45) is 5.73 Å². The van der Waals surface area contributed by atoms with Crippen LogP contribution >= 0.6 is 0 Å². The SMILES string of the molecule is CCN(CC)C(=O)N1CCCN(CCCCN)CC1. The topological polar surface area (TPSA) is 52.8 Å². The highest BCUT2D eigenvalue weighted by Gasteiger charge is 2.21. The van der Waals surface area contributed by atoms with E-state index in [-0.39, 0.29) is 6.03 Å². The van der Waals surface area contributed by atoms with E-state index in [9.17, 15) is 4.79 Å². The fraction of sp³-hybridized carbons (Fsp3) is 0.929. The Labute approximate surface area is 117 Å². The lowest BCUT2D eigenvalue weighted by molar-refractivity contribution is 0.158. The Balaban J connectivity index is 2.38. The number of hydrogen-bond acceptors (Lipinski definition) is 3. The van der Waals surface area contributed by atoms with Crippen LogP contribution in [-0.4, -0.2) is 73.1 Å². The van der Waals surface area contributed by atoms with Crippen LogP contribution in [0.3, 0.4) is 0 Å². The fourth-order valence-electron chi connectivity index (χ4n) is 2.56. The van der Waals surface area contributed by atoms with E-state index in [4.69, 9.17) is 5.73 Å². The predicted molar refractivity (Wildman–Crippen MR) is 79.2 cm³/mol. The minimum atomic E-state index is 0.203. The molecule has 0 aromatic heterocycles. The number of nitrogens with zero attached hydrogens (tertiary/aromatic N) is 3. The van der Waals surface area contributed by atoms with Gasteiger partial charge < -0.3 is 20.4 Å². The number of unbranched alkanes of at least 4 members (excludes halogenated alkanes) is 1. The van der Waals surface area contributed by atoms with Gasteiger partial charge in [0.05, 0.1) is 0 Å². The third-order valence-electron chi connectivity index (χ3n) is 3.82. The number of amides is 2. The Hall–Kier alpha value is -0.810. The maximum absolute atomic E-state index is 12.3. The van der Waals surface area contributed by atoms with Crippen molar-refractivity contribution in [3.8, 4) is 0 Å². The van der Waals surface area contributed by atoms with Gasteiger partial charge in [-0.3, -0.25) is 0 Å². The highest BCUT2D eigenvalue weighted by Crippen LogP contribution is 2.07. The molecule has 19 heavy (non-hydrogen) atoms. The first-order chi connectivity index (χ1) is 9.22. The van der Waals surface area contributed by atoms with Gasteiger partial charge in [0.1, 0.15) is 0 Å². The molecule has 1 saturated heterocycles. The maximum atomic E-state index is 12.3. The van der Waals surface area contributed by atoms with Gasteiger partial charge in [0.15, 0.2) is 0 Å². The molecule has 0 atom stereocenters. The van der Waals surface area contributed by atoms with Crippen LogP contribution in [0.15, 0.2) is 0 Å². The van der Waals surface area contributed by atoms with E-state index < -0.39 is 0 Å². The summed E-state index contributed by atoms with van der Waals surface area (Å²) in [6.07, 6.45) is 3.34. The van der Waals surface area contributed by atoms with E-state index >= 15 is 0 Å². The smallest absolute Gasteiger partial charge is 0.320 e. The Morgan fingerprint density at radius 3 is 2.47 bits per heavy atom. The molecule has 1 fully saturated rings. The average molecular weight is 270 g/mol. The van der Waals surface area contributed by atoms with Crippen LogP contribution in [0.2, 0.25) is 0 Å². The van der Waals surface area contributed by atoms with Crippen molar-refractivity contribution in [2.75, 3.05) is 52.4 Å². The standard InChI is InChI=1S/C14H30N4O/c1-3-17(4-2)14(19)18-11-7-10-16(12-13-18)9-6-5-8-15/h3-13,15H2,1-2H3. The van der Waals surface area contributed by atoms with Gasteiger partial charge in [-0.05, 0) is 52.7 Å². The molecule has 1 aliphatic rings. The van der Waals surface area contributed by atoms with Gasteiger partial charge in [-0.25, -0.2) is 4.79 Å². The normalized spacial score (nSPS) is 17.3. The number of urea groups is 1. The molecule has 0 aromatic rings. The lowest BCUT2D eigenvalue weighted by Crippen LogP contribution is -2.44. The van der Waals surface area contributed by atoms with Gasteiger partial charge in [0, 0.05) is 32.7 Å². The molecule has 5 heteroatoms. The summed E-state index contributed by atoms with van der Waals surface area (Å²) in [5.74, 6) is 0. The molecular formula is C14H30N4O. The summed E-state index contributed by atoms with van der Waals surface area (Å²) in [5.41, 5.74) is 5.52. The Kier molecular flexibility index (Phi) is 7.82. The van der Waals surface area contributed by atoms with Gasteiger partial charge in [-0.1, -0.05) is 0 Å². The van der Waals surface area contributed by atoms with Crippen molar-refractivity contribution in [1.82, 2.24) is 14.7 Å². The summed E-state index contributed by atoms with van der Waals surface area (Å²) in [6, 6.07) is 0.203. The first-order valence-corrected chi connectivity index (χ1v) is 7.69. The molecule has 0 radical (unpaired) electrons. The van der Waals surface area contributed by atoms with Crippen molar-refractivity contribution in [1.29, 1.82) is 0 Å². The van der Waals surface area contributed by atoms with Crippen LogP contribution in [-0.2, 0) is 0 Å². The molecule has 0 aliphatic carbocycles. The van der Waals surface area contributed by atoms with Crippen LogP contribution in [0.1, 0.15) is 33.1 Å². The predicted octanol–water partition coefficient (Wildman–Crippen LogP) is 1.19. The highest BCUT2D eigenvalue weighted by atomic mass is 16.2. The Morgan fingerprint density at radius 1 is 1.11 bits per heavy atom. The second-order valence-electron chi connectivity index (χ2n) is 5.13. The number of hydrogen-bond donors (Lipinski definition) is 1. The molecule has 5 nitrogen and oxygen atoms in total. The summed E-state index contributed by atoms with van der Waals surface area (Å²) >= 11 is 0. The van der Waals surface area contributed by atoms with Crippen molar-refractivity contribution >= 4 is 6.03 Å². The molecule has 1 heterocycles. The Morgan fingerprint density at radius 2 is 1.84 bits per heavy atom. The molecule has 0 aromatic carbocycles. The zero-order valence-electron chi connectivity index (χ0n) is 12.6. The summed E-state index contributed by atoms with van der Waals surface area (Å²) < 4.78 is 0. The van der Waals surface area contributed by atoms with Gasteiger partial charge in [0.25, 0.3) is 0 Å². The lowest BCUT2D eigenvalue weighted by atomic mass is 10.3. The van der Waals surface area contributed by atoms with Crippen LogP contribution < -0.4 is 5.73 Å². The molecule has 0 bridgehead atoms. The third kappa shape index (κ3) is 5.37. The molecular weight excluding hydrogens is 240 g/mol. The van der Waals surface area contributed by atoms with E-state index in [1.165, 1.54) is 6.42 Å².